The van der Waals surface area contributed by atoms with Gasteiger partial charge in [-0.2, -0.15) is 0 Å². The molecule has 0 atom stereocenters. The number of rotatable bonds is 3. The fourth-order valence-corrected chi connectivity index (χ4v) is 3.73. The van der Waals surface area contributed by atoms with Gasteiger partial charge >= 0.3 is 0 Å². The molecule has 1 aromatic carbocycles. The Morgan fingerprint density at radius 3 is 2.30 bits per heavy atom. The van der Waals surface area contributed by atoms with Crippen molar-refractivity contribution in [3.8, 4) is 0 Å². The normalized spacial score (nSPS) is 17.8. The van der Waals surface area contributed by atoms with E-state index in [1.54, 1.807) is 6.07 Å². The second kappa shape index (κ2) is 5.72. The SMILES string of the molecule is CC(C)c1ccc(N2CCC(S(C)(=O)=O)CC2)c(F)c1. The second-order valence-corrected chi connectivity index (χ2v) is 8.21. The first kappa shape index (κ1) is 15.3. The maximum atomic E-state index is 14.2. The first-order chi connectivity index (χ1) is 9.29. The van der Waals surface area contributed by atoms with Crippen molar-refractivity contribution in [2.24, 2.45) is 0 Å². The third-order valence-corrected chi connectivity index (χ3v) is 5.71. The van der Waals surface area contributed by atoms with Crippen molar-refractivity contribution in [1.82, 2.24) is 0 Å². The molecule has 0 bridgehead atoms. The zero-order chi connectivity index (χ0) is 14.9. The van der Waals surface area contributed by atoms with Crippen molar-refractivity contribution in [3.05, 3.63) is 29.6 Å². The summed E-state index contributed by atoms with van der Waals surface area (Å²) in [6, 6.07) is 5.35. The van der Waals surface area contributed by atoms with Gasteiger partial charge in [0.1, 0.15) is 15.7 Å². The largest absolute Gasteiger partial charge is 0.369 e. The average molecular weight is 299 g/mol. The van der Waals surface area contributed by atoms with Crippen LogP contribution in [-0.4, -0.2) is 33.0 Å². The van der Waals surface area contributed by atoms with Crippen LogP contribution in [0.4, 0.5) is 10.1 Å². The molecule has 0 N–H and O–H groups in total. The summed E-state index contributed by atoms with van der Waals surface area (Å²) in [5.41, 5.74) is 1.57. The topological polar surface area (TPSA) is 37.4 Å². The number of nitrogens with zero attached hydrogens (tertiary/aromatic N) is 1. The number of sulfone groups is 1. The minimum atomic E-state index is -2.98. The molecule has 1 aliphatic rings. The number of anilines is 1. The van der Waals surface area contributed by atoms with Crippen LogP contribution in [-0.2, 0) is 9.84 Å². The molecular formula is C15H22FNO2S. The fraction of sp³-hybridized carbons (Fsp3) is 0.600. The molecule has 0 radical (unpaired) electrons. The molecule has 0 unspecified atom stereocenters. The van der Waals surface area contributed by atoms with Crippen molar-refractivity contribution in [2.75, 3.05) is 24.2 Å². The Hall–Kier alpha value is -1.10. The summed E-state index contributed by atoms with van der Waals surface area (Å²) in [7, 11) is -2.98. The number of piperidine rings is 1. The molecule has 1 aliphatic heterocycles. The zero-order valence-electron chi connectivity index (χ0n) is 12.3. The highest BCUT2D eigenvalue weighted by Crippen LogP contribution is 2.27. The molecule has 0 aromatic heterocycles. The van der Waals surface area contributed by atoms with Crippen LogP contribution >= 0.6 is 0 Å². The van der Waals surface area contributed by atoms with E-state index in [0.29, 0.717) is 37.5 Å². The van der Waals surface area contributed by atoms with Crippen LogP contribution in [0.1, 0.15) is 38.2 Å². The van der Waals surface area contributed by atoms with E-state index < -0.39 is 9.84 Å². The van der Waals surface area contributed by atoms with Crippen LogP contribution in [0.15, 0.2) is 18.2 Å². The van der Waals surface area contributed by atoms with E-state index >= 15 is 0 Å². The Labute approximate surface area is 120 Å². The third kappa shape index (κ3) is 3.32. The molecule has 0 amide bonds. The van der Waals surface area contributed by atoms with Crippen molar-refractivity contribution < 1.29 is 12.8 Å². The van der Waals surface area contributed by atoms with Crippen molar-refractivity contribution >= 4 is 15.5 Å². The van der Waals surface area contributed by atoms with Crippen LogP contribution in [0.2, 0.25) is 0 Å². The second-order valence-electron chi connectivity index (χ2n) is 5.88. The van der Waals surface area contributed by atoms with Gasteiger partial charge in [-0.1, -0.05) is 19.9 Å². The summed E-state index contributed by atoms with van der Waals surface area (Å²) in [4.78, 5) is 1.95. The molecule has 2 rings (SSSR count). The molecule has 0 saturated carbocycles. The van der Waals surface area contributed by atoms with E-state index in [9.17, 15) is 12.8 Å². The lowest BCUT2D eigenvalue weighted by molar-refractivity contribution is 0.527. The highest BCUT2D eigenvalue weighted by Gasteiger charge is 2.27. The molecule has 1 heterocycles. The van der Waals surface area contributed by atoms with Gasteiger partial charge < -0.3 is 4.90 Å². The Morgan fingerprint density at radius 2 is 1.85 bits per heavy atom. The molecule has 0 spiro atoms. The van der Waals surface area contributed by atoms with Crippen LogP contribution in [0.3, 0.4) is 0 Å². The summed E-state index contributed by atoms with van der Waals surface area (Å²) < 4.78 is 37.2. The van der Waals surface area contributed by atoms with Gasteiger partial charge in [0.25, 0.3) is 0 Å². The predicted octanol–water partition coefficient (Wildman–Crippen LogP) is 2.96. The Kier molecular flexibility index (Phi) is 4.37. The molecule has 1 aromatic rings. The molecule has 0 aliphatic carbocycles. The van der Waals surface area contributed by atoms with E-state index in [1.807, 2.05) is 30.9 Å². The van der Waals surface area contributed by atoms with E-state index in [-0.39, 0.29) is 11.1 Å². The van der Waals surface area contributed by atoms with E-state index in [0.717, 1.165) is 5.56 Å². The van der Waals surface area contributed by atoms with Gasteiger partial charge in [0.15, 0.2) is 0 Å². The molecule has 1 fully saturated rings. The van der Waals surface area contributed by atoms with Gasteiger partial charge in [-0.3, -0.25) is 0 Å². The Bertz CT molecular complexity index is 576. The van der Waals surface area contributed by atoms with Crippen molar-refractivity contribution in [1.29, 1.82) is 0 Å². The average Bonchev–Trinajstić information content (AvgIpc) is 2.37. The lowest BCUT2D eigenvalue weighted by Crippen LogP contribution is -2.39. The smallest absolute Gasteiger partial charge is 0.150 e. The maximum Gasteiger partial charge on any atom is 0.150 e. The van der Waals surface area contributed by atoms with Gasteiger partial charge in [-0.15, -0.1) is 0 Å². The highest BCUT2D eigenvalue weighted by molar-refractivity contribution is 7.91. The summed E-state index contributed by atoms with van der Waals surface area (Å²) in [5, 5.41) is -0.281. The maximum absolute atomic E-state index is 14.2. The Balaban J connectivity index is 2.11. The fourth-order valence-electron chi connectivity index (χ4n) is 2.66. The molecule has 5 heteroatoms. The van der Waals surface area contributed by atoms with Gasteiger partial charge in [0.05, 0.1) is 10.9 Å². The first-order valence-electron chi connectivity index (χ1n) is 7.02. The number of benzene rings is 1. The lowest BCUT2D eigenvalue weighted by atomic mass is 10.0. The first-order valence-corrected chi connectivity index (χ1v) is 8.97. The summed E-state index contributed by atoms with van der Waals surface area (Å²) in [6.07, 6.45) is 2.43. The zero-order valence-corrected chi connectivity index (χ0v) is 13.1. The van der Waals surface area contributed by atoms with Crippen LogP contribution in [0, 0.1) is 5.82 Å². The molecular weight excluding hydrogens is 277 g/mol. The monoisotopic (exact) mass is 299 g/mol. The third-order valence-electron chi connectivity index (χ3n) is 4.03. The van der Waals surface area contributed by atoms with Crippen molar-refractivity contribution in [3.63, 3.8) is 0 Å². The number of halogens is 1. The molecule has 112 valence electrons. The highest BCUT2D eigenvalue weighted by atomic mass is 32.2. The van der Waals surface area contributed by atoms with Gasteiger partial charge in [-0.05, 0) is 36.5 Å². The van der Waals surface area contributed by atoms with Gasteiger partial charge in [-0.25, -0.2) is 12.8 Å². The van der Waals surface area contributed by atoms with E-state index in [1.165, 1.54) is 6.26 Å². The minimum absolute atomic E-state index is 0.214. The van der Waals surface area contributed by atoms with Crippen LogP contribution in [0.5, 0.6) is 0 Å². The van der Waals surface area contributed by atoms with Crippen LogP contribution < -0.4 is 4.90 Å². The van der Waals surface area contributed by atoms with Gasteiger partial charge in [0.2, 0.25) is 0 Å². The van der Waals surface area contributed by atoms with E-state index in [4.69, 9.17) is 0 Å². The molecule has 1 saturated heterocycles. The number of hydrogen-bond donors (Lipinski definition) is 0. The lowest BCUT2D eigenvalue weighted by Gasteiger charge is -2.33. The summed E-state index contributed by atoms with van der Waals surface area (Å²) in [5.74, 6) is 0.0866. The van der Waals surface area contributed by atoms with E-state index in [2.05, 4.69) is 0 Å². The molecule has 3 nitrogen and oxygen atoms in total. The summed E-state index contributed by atoms with van der Waals surface area (Å²) >= 11 is 0. The summed E-state index contributed by atoms with van der Waals surface area (Å²) in [6.45, 7) is 5.25. The number of hydrogen-bond acceptors (Lipinski definition) is 3. The Morgan fingerprint density at radius 1 is 1.25 bits per heavy atom. The molecule has 20 heavy (non-hydrogen) atoms. The van der Waals surface area contributed by atoms with Crippen LogP contribution in [0.25, 0.3) is 0 Å². The predicted molar refractivity (Wildman–Crippen MR) is 80.6 cm³/mol. The van der Waals surface area contributed by atoms with Gasteiger partial charge in [0, 0.05) is 19.3 Å². The minimum Gasteiger partial charge on any atom is -0.369 e. The standard InChI is InChI=1S/C15H22FNO2S/c1-11(2)12-4-5-15(14(16)10-12)17-8-6-13(7-9-17)20(3,18)19/h4-5,10-11,13H,6-9H2,1-3H3. The van der Waals surface area contributed by atoms with Crippen molar-refractivity contribution in [2.45, 2.75) is 37.9 Å². The quantitative estimate of drug-likeness (QED) is 0.861.